The van der Waals surface area contributed by atoms with Crippen LogP contribution in [0.15, 0.2) is 18.2 Å². The summed E-state index contributed by atoms with van der Waals surface area (Å²) in [6.07, 6.45) is 0.923. The maximum absolute atomic E-state index is 11.6. The lowest BCUT2D eigenvalue weighted by molar-refractivity contribution is -0.136. The van der Waals surface area contributed by atoms with Gasteiger partial charge in [0.2, 0.25) is 0 Å². The first-order chi connectivity index (χ1) is 8.15. The third-order valence-electron chi connectivity index (χ3n) is 2.99. The number of hydrogen-bond acceptors (Lipinski definition) is 4. The van der Waals surface area contributed by atoms with Gasteiger partial charge in [0, 0.05) is 6.07 Å². The fourth-order valence-corrected chi connectivity index (χ4v) is 1.72. The number of esters is 1. The van der Waals surface area contributed by atoms with Crippen LogP contribution < -0.4 is 14.2 Å². The second kappa shape index (κ2) is 4.65. The van der Waals surface area contributed by atoms with E-state index in [1.807, 2.05) is 6.92 Å². The first-order valence-corrected chi connectivity index (χ1v) is 5.59. The zero-order valence-electron chi connectivity index (χ0n) is 10.2. The van der Waals surface area contributed by atoms with Gasteiger partial charge < -0.3 is 14.2 Å². The number of carbonyl (C=O) groups is 1. The van der Waals surface area contributed by atoms with Gasteiger partial charge in [0.1, 0.15) is 5.75 Å². The van der Waals surface area contributed by atoms with E-state index in [1.165, 1.54) is 0 Å². The Morgan fingerprint density at radius 2 is 1.88 bits per heavy atom. The van der Waals surface area contributed by atoms with Gasteiger partial charge in [0.05, 0.1) is 20.1 Å². The van der Waals surface area contributed by atoms with E-state index in [2.05, 4.69) is 0 Å². The van der Waals surface area contributed by atoms with E-state index >= 15 is 0 Å². The molecule has 1 aromatic carbocycles. The minimum atomic E-state index is -0.162. The van der Waals surface area contributed by atoms with Crippen molar-refractivity contribution in [1.29, 1.82) is 0 Å². The molecule has 0 unspecified atom stereocenters. The predicted molar refractivity (Wildman–Crippen MR) is 62.5 cm³/mol. The summed E-state index contributed by atoms with van der Waals surface area (Å²) in [6, 6.07) is 5.08. The molecule has 1 aliphatic rings. The molecule has 0 bridgehead atoms. The van der Waals surface area contributed by atoms with Gasteiger partial charge in [-0.1, -0.05) is 6.92 Å². The molecule has 92 valence electrons. The summed E-state index contributed by atoms with van der Waals surface area (Å²) >= 11 is 0. The normalized spacial score (nSPS) is 21.8. The highest BCUT2D eigenvalue weighted by Crippen LogP contribution is 2.39. The van der Waals surface area contributed by atoms with Crippen LogP contribution in [0.2, 0.25) is 0 Å². The molecule has 0 N–H and O–H groups in total. The lowest BCUT2D eigenvalue weighted by Gasteiger charge is -2.09. The van der Waals surface area contributed by atoms with Crippen molar-refractivity contribution in [3.05, 3.63) is 18.2 Å². The Morgan fingerprint density at radius 1 is 1.24 bits per heavy atom. The lowest BCUT2D eigenvalue weighted by atomic mass is 10.3. The fourth-order valence-electron chi connectivity index (χ4n) is 1.72. The predicted octanol–water partition coefficient (Wildman–Crippen LogP) is 2.27. The highest BCUT2D eigenvalue weighted by atomic mass is 16.5. The van der Waals surface area contributed by atoms with Gasteiger partial charge in [-0.05, 0) is 24.5 Å². The van der Waals surface area contributed by atoms with Gasteiger partial charge in [-0.3, -0.25) is 4.79 Å². The van der Waals surface area contributed by atoms with Crippen LogP contribution in [0.3, 0.4) is 0 Å². The minimum absolute atomic E-state index is 0.0584. The smallest absolute Gasteiger partial charge is 0.314 e. The summed E-state index contributed by atoms with van der Waals surface area (Å²) in [5.41, 5.74) is 0. The molecule has 4 nitrogen and oxygen atoms in total. The number of ether oxygens (including phenoxy) is 3. The number of methoxy groups -OCH3 is 2. The number of rotatable bonds is 4. The van der Waals surface area contributed by atoms with Crippen molar-refractivity contribution in [3.8, 4) is 17.2 Å². The zero-order valence-corrected chi connectivity index (χ0v) is 10.2. The third-order valence-corrected chi connectivity index (χ3v) is 2.99. The van der Waals surface area contributed by atoms with Crippen molar-refractivity contribution in [2.24, 2.45) is 11.8 Å². The Balaban J connectivity index is 2.08. The molecule has 0 saturated heterocycles. The topological polar surface area (TPSA) is 44.8 Å². The third kappa shape index (κ3) is 2.52. The molecule has 2 rings (SSSR count). The monoisotopic (exact) mass is 236 g/mol. The molecule has 17 heavy (non-hydrogen) atoms. The first kappa shape index (κ1) is 11.8. The van der Waals surface area contributed by atoms with Crippen LogP contribution in [-0.2, 0) is 4.79 Å². The van der Waals surface area contributed by atoms with E-state index in [0.717, 1.165) is 6.42 Å². The SMILES string of the molecule is COc1ccc(OC(=O)[C@@H]2C[C@H]2C)cc1OC. The maximum atomic E-state index is 11.6. The molecule has 1 aromatic rings. The largest absolute Gasteiger partial charge is 0.493 e. The highest BCUT2D eigenvalue weighted by Gasteiger charge is 2.40. The Labute approximate surface area is 100 Å². The standard InChI is InChI=1S/C13H16O4/c1-8-6-10(8)13(14)17-9-4-5-11(15-2)12(7-9)16-3/h4-5,7-8,10H,6H2,1-3H3/t8-,10-/m1/s1. The fraction of sp³-hybridized carbons (Fsp3) is 0.462. The molecule has 2 atom stereocenters. The molecule has 0 spiro atoms. The zero-order chi connectivity index (χ0) is 12.4. The van der Waals surface area contributed by atoms with Crippen molar-refractivity contribution >= 4 is 5.97 Å². The van der Waals surface area contributed by atoms with Crippen molar-refractivity contribution in [2.45, 2.75) is 13.3 Å². The number of carbonyl (C=O) groups excluding carboxylic acids is 1. The number of benzene rings is 1. The van der Waals surface area contributed by atoms with Crippen molar-refractivity contribution in [1.82, 2.24) is 0 Å². The van der Waals surface area contributed by atoms with Crippen molar-refractivity contribution in [3.63, 3.8) is 0 Å². The van der Waals surface area contributed by atoms with Gasteiger partial charge in [-0.15, -0.1) is 0 Å². The Kier molecular flexibility index (Phi) is 3.22. The number of hydrogen-bond donors (Lipinski definition) is 0. The van der Waals surface area contributed by atoms with E-state index in [4.69, 9.17) is 14.2 Å². The van der Waals surface area contributed by atoms with Gasteiger partial charge in [0.25, 0.3) is 0 Å². The van der Waals surface area contributed by atoms with E-state index in [-0.39, 0.29) is 11.9 Å². The van der Waals surface area contributed by atoms with E-state index in [1.54, 1.807) is 32.4 Å². The van der Waals surface area contributed by atoms with Gasteiger partial charge in [-0.2, -0.15) is 0 Å². The molecule has 0 amide bonds. The molecule has 1 saturated carbocycles. The van der Waals surface area contributed by atoms with Crippen LogP contribution in [0, 0.1) is 11.8 Å². The van der Waals surface area contributed by atoms with E-state index in [9.17, 15) is 4.79 Å². The highest BCUT2D eigenvalue weighted by molar-refractivity contribution is 5.78. The summed E-state index contributed by atoms with van der Waals surface area (Å²) in [5.74, 6) is 2.01. The van der Waals surface area contributed by atoms with Crippen LogP contribution in [0.5, 0.6) is 17.2 Å². The Morgan fingerprint density at radius 3 is 2.41 bits per heavy atom. The molecule has 0 heterocycles. The van der Waals surface area contributed by atoms with Crippen LogP contribution in [0.4, 0.5) is 0 Å². The van der Waals surface area contributed by atoms with Crippen molar-refractivity contribution < 1.29 is 19.0 Å². The molecule has 1 aliphatic carbocycles. The molecular weight excluding hydrogens is 220 g/mol. The molecule has 0 aliphatic heterocycles. The van der Waals surface area contributed by atoms with Gasteiger partial charge in [-0.25, -0.2) is 0 Å². The average Bonchev–Trinajstić information content (AvgIpc) is 3.06. The van der Waals surface area contributed by atoms with Crippen LogP contribution in [0.25, 0.3) is 0 Å². The van der Waals surface area contributed by atoms with Crippen LogP contribution in [-0.4, -0.2) is 20.2 Å². The summed E-state index contributed by atoms with van der Waals surface area (Å²) < 4.78 is 15.5. The van der Waals surface area contributed by atoms with Gasteiger partial charge >= 0.3 is 5.97 Å². The van der Waals surface area contributed by atoms with E-state index in [0.29, 0.717) is 23.2 Å². The first-order valence-electron chi connectivity index (χ1n) is 5.59. The molecule has 0 radical (unpaired) electrons. The maximum Gasteiger partial charge on any atom is 0.314 e. The summed E-state index contributed by atoms with van der Waals surface area (Å²) in [4.78, 5) is 11.6. The summed E-state index contributed by atoms with van der Waals surface area (Å²) in [7, 11) is 3.11. The minimum Gasteiger partial charge on any atom is -0.493 e. The van der Waals surface area contributed by atoms with E-state index < -0.39 is 0 Å². The second-order valence-corrected chi connectivity index (χ2v) is 4.26. The molecule has 0 aromatic heterocycles. The Hall–Kier alpha value is -1.71. The van der Waals surface area contributed by atoms with Crippen molar-refractivity contribution in [2.75, 3.05) is 14.2 Å². The van der Waals surface area contributed by atoms with Crippen LogP contribution >= 0.6 is 0 Å². The molecule has 4 heteroatoms. The second-order valence-electron chi connectivity index (χ2n) is 4.26. The summed E-state index contributed by atoms with van der Waals surface area (Å²) in [6.45, 7) is 2.04. The average molecular weight is 236 g/mol. The summed E-state index contributed by atoms with van der Waals surface area (Å²) in [5, 5.41) is 0. The van der Waals surface area contributed by atoms with Crippen LogP contribution in [0.1, 0.15) is 13.3 Å². The quantitative estimate of drug-likeness (QED) is 0.594. The Bertz CT molecular complexity index is 427. The lowest BCUT2D eigenvalue weighted by Crippen LogP contribution is -2.11. The van der Waals surface area contributed by atoms with Gasteiger partial charge in [0.15, 0.2) is 11.5 Å². The molecular formula is C13H16O4. The molecule has 1 fully saturated rings.